The molecule has 0 saturated carbocycles. The number of hydrogen-bond donors (Lipinski definition) is 1. The van der Waals surface area contributed by atoms with Crippen LogP contribution in [0.4, 0.5) is 27.6 Å². The summed E-state index contributed by atoms with van der Waals surface area (Å²) in [5.41, 5.74) is -1.34. The fourth-order valence-corrected chi connectivity index (χ4v) is 0.973. The number of nitrogens with zero attached hydrogens (tertiary/aromatic N) is 1. The summed E-state index contributed by atoms with van der Waals surface area (Å²) in [4.78, 5) is 3.08. The molecule has 0 radical (unpaired) electrons. The molecular weight excluding hydrogens is 235 g/mol. The van der Waals surface area contributed by atoms with Crippen molar-refractivity contribution >= 4 is 5.69 Å². The third kappa shape index (κ3) is 2.94. The van der Waals surface area contributed by atoms with Crippen LogP contribution in [0.25, 0.3) is 0 Å². The van der Waals surface area contributed by atoms with E-state index in [0.717, 1.165) is 6.20 Å². The number of aromatic nitrogens is 1. The number of halogens is 5. The molecular formula is C8H7F5N2O. The van der Waals surface area contributed by atoms with Crippen LogP contribution in [-0.2, 0) is 6.18 Å². The van der Waals surface area contributed by atoms with Gasteiger partial charge in [-0.2, -0.15) is 22.0 Å². The second kappa shape index (κ2) is 4.50. The van der Waals surface area contributed by atoms with Gasteiger partial charge in [-0.3, -0.25) is 0 Å². The number of ether oxygens (including phenoxy) is 1. The molecule has 0 bridgehead atoms. The molecule has 1 heterocycles. The summed E-state index contributed by atoms with van der Waals surface area (Å²) in [6.07, 6.45) is -3.92. The Hall–Kier alpha value is -1.60. The molecule has 0 aliphatic rings. The standard InChI is InChI=1S/C8H7F5N2O/c1-14-4-3-15-6(8(11,12)13)2-5(4)16-7(9)10/h2-3,7,14H,1H3. The molecule has 1 aromatic rings. The molecule has 0 fully saturated rings. The zero-order valence-electron chi connectivity index (χ0n) is 7.98. The summed E-state index contributed by atoms with van der Waals surface area (Å²) in [5, 5.41) is 2.39. The normalized spacial score (nSPS) is 11.7. The zero-order chi connectivity index (χ0) is 12.3. The van der Waals surface area contributed by atoms with Gasteiger partial charge in [0.25, 0.3) is 0 Å². The number of nitrogens with one attached hydrogen (secondary N) is 1. The third-order valence-corrected chi connectivity index (χ3v) is 1.64. The van der Waals surface area contributed by atoms with Crippen LogP contribution >= 0.6 is 0 Å². The van der Waals surface area contributed by atoms with Crippen molar-refractivity contribution in [2.45, 2.75) is 12.8 Å². The van der Waals surface area contributed by atoms with Gasteiger partial charge < -0.3 is 10.1 Å². The molecule has 0 atom stereocenters. The Bertz CT molecular complexity index is 366. The van der Waals surface area contributed by atoms with Crippen LogP contribution in [0.15, 0.2) is 12.3 Å². The lowest BCUT2D eigenvalue weighted by Crippen LogP contribution is -2.11. The van der Waals surface area contributed by atoms with Crippen molar-refractivity contribution in [1.82, 2.24) is 4.98 Å². The van der Waals surface area contributed by atoms with Crippen LogP contribution in [0.1, 0.15) is 5.69 Å². The minimum Gasteiger partial charge on any atom is -0.432 e. The van der Waals surface area contributed by atoms with E-state index in [2.05, 4.69) is 15.0 Å². The Labute approximate surface area is 87.2 Å². The third-order valence-electron chi connectivity index (χ3n) is 1.64. The summed E-state index contributed by atoms with van der Waals surface area (Å²) in [7, 11) is 1.35. The second-order valence-electron chi connectivity index (χ2n) is 2.69. The Balaban J connectivity index is 3.11. The fourth-order valence-electron chi connectivity index (χ4n) is 0.973. The lowest BCUT2D eigenvalue weighted by atomic mass is 10.3. The lowest BCUT2D eigenvalue weighted by Gasteiger charge is -2.12. The molecule has 0 unspecified atom stereocenters. The van der Waals surface area contributed by atoms with E-state index in [0.29, 0.717) is 6.07 Å². The Morgan fingerprint density at radius 3 is 2.44 bits per heavy atom. The molecule has 16 heavy (non-hydrogen) atoms. The van der Waals surface area contributed by atoms with E-state index >= 15 is 0 Å². The first-order chi connectivity index (χ1) is 7.34. The quantitative estimate of drug-likeness (QED) is 0.827. The fraction of sp³-hybridized carbons (Fsp3) is 0.375. The first kappa shape index (κ1) is 12.5. The van der Waals surface area contributed by atoms with E-state index in [9.17, 15) is 22.0 Å². The molecule has 1 aromatic heterocycles. The molecule has 0 spiro atoms. The lowest BCUT2D eigenvalue weighted by molar-refractivity contribution is -0.141. The Morgan fingerprint density at radius 2 is 2.00 bits per heavy atom. The summed E-state index contributed by atoms with van der Waals surface area (Å²) >= 11 is 0. The molecule has 0 amide bonds. The molecule has 0 aliphatic heterocycles. The van der Waals surface area contributed by atoms with Crippen molar-refractivity contribution in [3.8, 4) is 5.75 Å². The van der Waals surface area contributed by atoms with Gasteiger partial charge in [-0.25, -0.2) is 4.98 Å². The van der Waals surface area contributed by atoms with Gasteiger partial charge >= 0.3 is 12.8 Å². The van der Waals surface area contributed by atoms with Gasteiger partial charge in [0.15, 0.2) is 5.75 Å². The predicted molar refractivity (Wildman–Crippen MR) is 45.4 cm³/mol. The minimum absolute atomic E-state index is 0.0479. The van der Waals surface area contributed by atoms with Gasteiger partial charge in [0, 0.05) is 13.1 Å². The van der Waals surface area contributed by atoms with Crippen LogP contribution in [0, 0.1) is 0 Å². The van der Waals surface area contributed by atoms with E-state index in [4.69, 9.17) is 0 Å². The summed E-state index contributed by atoms with van der Waals surface area (Å²) in [6, 6.07) is 0.415. The smallest absolute Gasteiger partial charge is 0.432 e. The van der Waals surface area contributed by atoms with Crippen molar-refractivity contribution in [2.75, 3.05) is 12.4 Å². The first-order valence-electron chi connectivity index (χ1n) is 4.04. The number of pyridine rings is 1. The number of alkyl halides is 5. The SMILES string of the molecule is CNc1cnc(C(F)(F)F)cc1OC(F)F. The highest BCUT2D eigenvalue weighted by molar-refractivity contribution is 5.55. The van der Waals surface area contributed by atoms with Crippen molar-refractivity contribution < 1.29 is 26.7 Å². The number of hydrogen-bond acceptors (Lipinski definition) is 3. The van der Waals surface area contributed by atoms with Gasteiger partial charge in [0.05, 0.1) is 11.9 Å². The van der Waals surface area contributed by atoms with E-state index in [1.165, 1.54) is 7.05 Å². The average molecular weight is 242 g/mol. The van der Waals surface area contributed by atoms with Gasteiger partial charge in [0.2, 0.25) is 0 Å². The maximum Gasteiger partial charge on any atom is 0.433 e. The Kier molecular flexibility index (Phi) is 3.51. The van der Waals surface area contributed by atoms with Crippen LogP contribution < -0.4 is 10.1 Å². The number of rotatable bonds is 3. The van der Waals surface area contributed by atoms with Crippen molar-refractivity contribution in [3.63, 3.8) is 0 Å². The summed E-state index contributed by atoms with van der Waals surface area (Å²) in [5.74, 6) is -0.597. The number of anilines is 1. The molecule has 1 rings (SSSR count). The van der Waals surface area contributed by atoms with Gasteiger partial charge in [-0.1, -0.05) is 0 Å². The molecule has 0 aromatic carbocycles. The summed E-state index contributed by atoms with van der Waals surface area (Å²) in [6.45, 7) is -3.20. The van der Waals surface area contributed by atoms with Crippen molar-refractivity contribution in [3.05, 3.63) is 18.0 Å². The highest BCUT2D eigenvalue weighted by atomic mass is 19.4. The second-order valence-corrected chi connectivity index (χ2v) is 2.69. The zero-order valence-corrected chi connectivity index (χ0v) is 7.98. The van der Waals surface area contributed by atoms with Crippen LogP contribution in [0.5, 0.6) is 5.75 Å². The van der Waals surface area contributed by atoms with Crippen LogP contribution in [-0.4, -0.2) is 18.6 Å². The maximum atomic E-state index is 12.2. The largest absolute Gasteiger partial charge is 0.433 e. The van der Waals surface area contributed by atoms with E-state index in [-0.39, 0.29) is 5.69 Å². The monoisotopic (exact) mass is 242 g/mol. The molecule has 8 heteroatoms. The summed E-state index contributed by atoms with van der Waals surface area (Å²) < 4.78 is 64.4. The molecule has 1 N–H and O–H groups in total. The topological polar surface area (TPSA) is 34.2 Å². The highest BCUT2D eigenvalue weighted by Gasteiger charge is 2.33. The van der Waals surface area contributed by atoms with Gasteiger partial charge in [0.1, 0.15) is 5.69 Å². The van der Waals surface area contributed by atoms with Gasteiger partial charge in [-0.15, -0.1) is 0 Å². The predicted octanol–water partition coefficient (Wildman–Crippen LogP) is 2.74. The Morgan fingerprint density at radius 1 is 1.38 bits per heavy atom. The van der Waals surface area contributed by atoms with Crippen LogP contribution in [0.2, 0.25) is 0 Å². The van der Waals surface area contributed by atoms with E-state index in [1.807, 2.05) is 0 Å². The molecule has 0 saturated heterocycles. The van der Waals surface area contributed by atoms with E-state index in [1.54, 1.807) is 0 Å². The highest BCUT2D eigenvalue weighted by Crippen LogP contribution is 2.33. The van der Waals surface area contributed by atoms with E-state index < -0.39 is 24.2 Å². The first-order valence-corrected chi connectivity index (χ1v) is 4.04. The average Bonchev–Trinajstić information content (AvgIpc) is 2.15. The molecule has 0 aliphatic carbocycles. The van der Waals surface area contributed by atoms with Crippen molar-refractivity contribution in [2.24, 2.45) is 0 Å². The van der Waals surface area contributed by atoms with Gasteiger partial charge in [-0.05, 0) is 0 Å². The van der Waals surface area contributed by atoms with Crippen molar-refractivity contribution in [1.29, 1.82) is 0 Å². The van der Waals surface area contributed by atoms with Crippen LogP contribution in [0.3, 0.4) is 0 Å². The molecule has 3 nitrogen and oxygen atoms in total. The maximum absolute atomic E-state index is 12.2. The minimum atomic E-state index is -4.70. The molecule has 90 valence electrons.